The molecule has 0 radical (unpaired) electrons. The van der Waals surface area contributed by atoms with Crippen molar-refractivity contribution in [1.29, 1.82) is 0 Å². The number of nitrogens with zero attached hydrogens (tertiary/aromatic N) is 4. The predicted octanol–water partition coefficient (Wildman–Crippen LogP) is 5.95. The number of nitrogens with one attached hydrogen (secondary N) is 2. The summed E-state index contributed by atoms with van der Waals surface area (Å²) in [5, 5.41) is 41.5. The number of hydrogen-bond acceptors (Lipinski definition) is 8. The van der Waals surface area contributed by atoms with Crippen molar-refractivity contribution in [1.82, 2.24) is 10.3 Å². The number of carboxylic acids is 1. The van der Waals surface area contributed by atoms with Gasteiger partial charge in [0.2, 0.25) is 0 Å². The molecule has 3 N–H and O–H groups in total. The molecule has 49 heavy (non-hydrogen) atoms. The second-order valence-electron chi connectivity index (χ2n) is 12.6. The Balaban J connectivity index is 2.09. The summed E-state index contributed by atoms with van der Waals surface area (Å²) >= 11 is 0. The summed E-state index contributed by atoms with van der Waals surface area (Å²) in [7, 11) is 0. The molecule has 8 bridgehead atoms. The van der Waals surface area contributed by atoms with Crippen molar-refractivity contribution in [3.8, 4) is 0 Å². The van der Waals surface area contributed by atoms with Gasteiger partial charge in [-0.2, -0.15) is 0 Å². The van der Waals surface area contributed by atoms with E-state index in [0.29, 0.717) is 66.2 Å². The summed E-state index contributed by atoms with van der Waals surface area (Å²) in [6.45, 7) is 15.3. The maximum absolute atomic E-state index is 13.4. The quantitative estimate of drug-likeness (QED) is 0.192. The van der Waals surface area contributed by atoms with E-state index in [9.17, 15) is 30.1 Å². The third-order valence-electron chi connectivity index (χ3n) is 10.6. The number of carboxylic acid groups (broad SMARTS) is 1. The van der Waals surface area contributed by atoms with E-state index in [1.165, 1.54) is 0 Å². The van der Waals surface area contributed by atoms with E-state index >= 15 is 0 Å². The van der Waals surface area contributed by atoms with E-state index in [4.69, 9.17) is 9.98 Å². The summed E-state index contributed by atoms with van der Waals surface area (Å²) in [6.07, 6.45) is 7.08. The average Bonchev–Trinajstić information content (AvgIpc) is 3.79. The molecule has 4 aliphatic heterocycles. The molecule has 0 spiro atoms. The molecule has 0 saturated heterocycles. The smallest absolute Gasteiger partial charge is 0.318 e. The van der Waals surface area contributed by atoms with Crippen LogP contribution in [-0.2, 0) is 17.6 Å². The van der Waals surface area contributed by atoms with Crippen LogP contribution >= 0.6 is 0 Å². The molecule has 5 heterocycles. The highest BCUT2D eigenvalue weighted by molar-refractivity contribution is 6.27. The standard InChI is InChI=1S/C37H46N6O6/c1-9-19-22(12-4)30-34(42(46)47)31-24(14-6)21(11-3)28(40-31)18-29-37(16-8,36(44)45)25(15-7)33(41-29)35(43(48)49)32-23(13-5)20(10-2)27(39-32)17-26(19)38-30/h17-18,29,38,41H,9-16H2,1-8H3,(H,44,45)/b26-17-,28-18-,34-30+,35-32+. The summed E-state index contributed by atoms with van der Waals surface area (Å²) in [6, 6.07) is -0.925. The van der Waals surface area contributed by atoms with E-state index in [0.717, 1.165) is 33.4 Å². The van der Waals surface area contributed by atoms with Gasteiger partial charge in [-0.25, -0.2) is 9.98 Å². The van der Waals surface area contributed by atoms with Gasteiger partial charge < -0.3 is 15.4 Å². The van der Waals surface area contributed by atoms with Gasteiger partial charge in [0.05, 0.1) is 27.3 Å². The van der Waals surface area contributed by atoms with Gasteiger partial charge in [-0.1, -0.05) is 55.4 Å². The van der Waals surface area contributed by atoms with E-state index in [1.807, 2.05) is 54.5 Å². The third kappa shape index (κ3) is 5.23. The van der Waals surface area contributed by atoms with Crippen molar-refractivity contribution in [3.05, 3.63) is 98.8 Å². The van der Waals surface area contributed by atoms with Crippen molar-refractivity contribution in [3.63, 3.8) is 0 Å². The molecule has 260 valence electrons. The van der Waals surface area contributed by atoms with Gasteiger partial charge >= 0.3 is 17.4 Å². The fourth-order valence-corrected chi connectivity index (χ4v) is 8.42. The minimum atomic E-state index is -1.54. The Morgan fingerprint density at radius 2 is 1.43 bits per heavy atom. The molecule has 0 aliphatic carbocycles. The summed E-state index contributed by atoms with van der Waals surface area (Å²) < 4.78 is 0. The Labute approximate surface area is 285 Å². The van der Waals surface area contributed by atoms with Gasteiger partial charge in [0.15, 0.2) is 0 Å². The van der Waals surface area contributed by atoms with Gasteiger partial charge in [-0.3, -0.25) is 25.0 Å². The molecule has 1 aromatic rings. The fraction of sp³-hybridized carbons (Fsp3) is 0.486. The first-order valence-electron chi connectivity index (χ1n) is 17.5. The lowest BCUT2D eigenvalue weighted by Gasteiger charge is -2.31. The lowest BCUT2D eigenvalue weighted by molar-refractivity contribution is -0.422. The number of rotatable bonds is 11. The Kier molecular flexibility index (Phi) is 9.81. The van der Waals surface area contributed by atoms with Crippen molar-refractivity contribution in [2.24, 2.45) is 15.4 Å². The lowest BCUT2D eigenvalue weighted by Crippen LogP contribution is -2.44. The number of allylic oxidation sites excluding steroid dienone is 3. The van der Waals surface area contributed by atoms with Gasteiger partial charge in [0.25, 0.3) is 0 Å². The molecule has 0 saturated carbocycles. The first-order chi connectivity index (χ1) is 23.4. The highest BCUT2D eigenvalue weighted by Crippen LogP contribution is 2.49. The van der Waals surface area contributed by atoms with Crippen LogP contribution in [-0.4, -0.2) is 43.4 Å². The van der Waals surface area contributed by atoms with Crippen molar-refractivity contribution < 1.29 is 19.7 Å². The lowest BCUT2D eigenvalue weighted by atomic mass is 9.72. The van der Waals surface area contributed by atoms with Crippen LogP contribution in [0.4, 0.5) is 0 Å². The molecule has 0 fully saturated rings. The van der Waals surface area contributed by atoms with E-state index in [2.05, 4.69) is 10.3 Å². The number of H-pyrrole nitrogens is 1. The zero-order valence-electron chi connectivity index (χ0n) is 29.7. The Hall–Kier alpha value is -4.87. The van der Waals surface area contributed by atoms with E-state index in [-0.39, 0.29) is 46.3 Å². The zero-order chi connectivity index (χ0) is 35.9. The molecule has 4 aliphatic rings. The number of aromatic nitrogens is 1. The second-order valence-corrected chi connectivity index (χ2v) is 12.6. The predicted molar refractivity (Wildman–Crippen MR) is 190 cm³/mol. The van der Waals surface area contributed by atoms with Crippen LogP contribution in [0.25, 0.3) is 11.8 Å². The maximum atomic E-state index is 13.4. The maximum Gasteiger partial charge on any atom is 0.318 e. The molecule has 1 aromatic heterocycles. The number of aliphatic imine (C=N–C) groups is 2. The van der Waals surface area contributed by atoms with Crippen LogP contribution in [0.2, 0.25) is 0 Å². The van der Waals surface area contributed by atoms with Crippen molar-refractivity contribution in [2.45, 2.75) is 113 Å². The summed E-state index contributed by atoms with van der Waals surface area (Å²) in [5.41, 5.74) is 4.94. The molecule has 12 nitrogen and oxygen atoms in total. The van der Waals surface area contributed by atoms with Gasteiger partial charge in [-0.15, -0.1) is 0 Å². The number of hydrogen-bond donors (Lipinski definition) is 3. The third-order valence-corrected chi connectivity index (χ3v) is 10.6. The van der Waals surface area contributed by atoms with Crippen LogP contribution in [0.1, 0.15) is 105 Å². The number of fused-ring (bicyclic) bond motifs is 6. The SMILES string of the molecule is CCC1=C(CC)/C2=C/C3NC(=C(CC)C3(CC)C(=O)O)/C([N+](=O)[O-])=C3N=C(/C=c4\[nH]/c(c(CC)c4CC)=C(/[N+](=O)[O-])C1=N2)C(CC)=C\3CC. The van der Waals surface area contributed by atoms with E-state index < -0.39 is 22.3 Å². The van der Waals surface area contributed by atoms with E-state index in [1.54, 1.807) is 13.0 Å². The normalized spacial score (nSPS) is 26.3. The van der Waals surface area contributed by atoms with Crippen LogP contribution in [0, 0.1) is 25.6 Å². The van der Waals surface area contributed by atoms with Crippen LogP contribution < -0.4 is 16.0 Å². The second kappa shape index (κ2) is 13.6. The van der Waals surface area contributed by atoms with Gasteiger partial charge in [-0.05, 0) is 103 Å². The minimum Gasteiger partial charge on any atom is -0.481 e. The largest absolute Gasteiger partial charge is 0.481 e. The van der Waals surface area contributed by atoms with Gasteiger partial charge in [0, 0.05) is 5.35 Å². The molecular formula is C37H46N6O6. The molecule has 0 amide bonds. The molecule has 0 aromatic carbocycles. The van der Waals surface area contributed by atoms with Crippen LogP contribution in [0.5, 0.6) is 0 Å². The Morgan fingerprint density at radius 3 is 1.92 bits per heavy atom. The Bertz CT molecular complexity index is 2020. The highest BCUT2D eigenvalue weighted by atomic mass is 16.6. The first kappa shape index (κ1) is 35.4. The summed E-state index contributed by atoms with van der Waals surface area (Å²) in [5.74, 6) is -1.11. The average molecular weight is 671 g/mol. The molecular weight excluding hydrogens is 624 g/mol. The number of nitro groups is 2. The first-order valence-corrected chi connectivity index (χ1v) is 17.5. The minimum absolute atomic E-state index is 0.123. The van der Waals surface area contributed by atoms with Gasteiger partial charge in [0.1, 0.15) is 27.9 Å². The highest BCUT2D eigenvalue weighted by Gasteiger charge is 2.55. The van der Waals surface area contributed by atoms with Crippen molar-refractivity contribution in [2.75, 3.05) is 0 Å². The van der Waals surface area contributed by atoms with Crippen LogP contribution in [0.3, 0.4) is 0 Å². The molecule has 2 unspecified atom stereocenters. The molecule has 2 atom stereocenters. The number of aliphatic carboxylic acids is 1. The fourth-order valence-electron chi connectivity index (χ4n) is 8.42. The number of carbonyl (C=O) groups is 1. The van der Waals surface area contributed by atoms with Crippen LogP contribution in [0.15, 0.2) is 66.7 Å². The zero-order valence-corrected chi connectivity index (χ0v) is 29.7. The monoisotopic (exact) mass is 670 g/mol. The topological polar surface area (TPSA) is 176 Å². The van der Waals surface area contributed by atoms with Crippen molar-refractivity contribution >= 4 is 29.2 Å². The number of aromatic amines is 1. The molecule has 12 heteroatoms. The Morgan fingerprint density at radius 1 is 0.816 bits per heavy atom. The molecule has 5 rings (SSSR count). The summed E-state index contributed by atoms with van der Waals surface area (Å²) in [4.78, 5) is 52.1.